The summed E-state index contributed by atoms with van der Waals surface area (Å²) in [6, 6.07) is 0. The van der Waals surface area contributed by atoms with Crippen molar-refractivity contribution >= 4 is 0 Å². The summed E-state index contributed by atoms with van der Waals surface area (Å²) in [4.78, 5) is 0. The zero-order valence-electron chi connectivity index (χ0n) is 7.82. The molecule has 2 heteroatoms. The first-order valence-electron chi connectivity index (χ1n) is 4.27. The van der Waals surface area contributed by atoms with Crippen molar-refractivity contribution in [2.24, 2.45) is 0 Å². The summed E-state index contributed by atoms with van der Waals surface area (Å²) in [5, 5.41) is 0. The van der Waals surface area contributed by atoms with Crippen LogP contribution in [0, 0.1) is 11.8 Å². The van der Waals surface area contributed by atoms with Gasteiger partial charge in [-0.1, -0.05) is 18.1 Å². The molecule has 0 fully saturated rings. The standard InChI is InChI=1S/C11H12F2/c1-3-6-9-7-4-5-8-10(9)11(2,12)13/h7-8H,4-5H2,1-2H3. The second-order valence-electron chi connectivity index (χ2n) is 3.08. The van der Waals surface area contributed by atoms with Crippen LogP contribution in [-0.4, -0.2) is 5.92 Å². The number of hydrogen-bond donors (Lipinski definition) is 0. The second-order valence-corrected chi connectivity index (χ2v) is 3.08. The summed E-state index contributed by atoms with van der Waals surface area (Å²) < 4.78 is 26.0. The topological polar surface area (TPSA) is 0 Å². The van der Waals surface area contributed by atoms with Crippen LogP contribution < -0.4 is 0 Å². The Labute approximate surface area is 77.3 Å². The first-order valence-corrected chi connectivity index (χ1v) is 4.27. The van der Waals surface area contributed by atoms with Crippen molar-refractivity contribution < 1.29 is 8.78 Å². The first kappa shape index (κ1) is 9.98. The minimum atomic E-state index is -2.77. The van der Waals surface area contributed by atoms with Crippen LogP contribution in [0.2, 0.25) is 0 Å². The van der Waals surface area contributed by atoms with Crippen LogP contribution >= 0.6 is 0 Å². The molecule has 70 valence electrons. The Kier molecular flexibility index (Phi) is 2.87. The maximum Gasteiger partial charge on any atom is 0.271 e. The van der Waals surface area contributed by atoms with Crippen molar-refractivity contribution in [1.29, 1.82) is 0 Å². The fourth-order valence-corrected chi connectivity index (χ4v) is 1.34. The molecule has 0 nitrogen and oxygen atoms in total. The van der Waals surface area contributed by atoms with Crippen molar-refractivity contribution in [2.75, 3.05) is 0 Å². The average Bonchev–Trinajstić information content (AvgIpc) is 2.04. The van der Waals surface area contributed by atoms with Crippen molar-refractivity contribution in [3.05, 3.63) is 23.3 Å². The van der Waals surface area contributed by atoms with Gasteiger partial charge in [0.2, 0.25) is 0 Å². The van der Waals surface area contributed by atoms with Gasteiger partial charge in [0.25, 0.3) is 5.92 Å². The van der Waals surface area contributed by atoms with Crippen LogP contribution in [0.1, 0.15) is 26.7 Å². The second kappa shape index (κ2) is 3.74. The molecule has 0 bridgehead atoms. The Balaban J connectivity index is 2.99. The van der Waals surface area contributed by atoms with E-state index in [2.05, 4.69) is 11.8 Å². The quantitative estimate of drug-likeness (QED) is 0.546. The Morgan fingerprint density at radius 1 is 1.31 bits per heavy atom. The Bertz CT molecular complexity index is 305. The Hall–Kier alpha value is -1.10. The molecule has 0 spiro atoms. The van der Waals surface area contributed by atoms with Crippen LogP contribution in [0.25, 0.3) is 0 Å². The van der Waals surface area contributed by atoms with Crippen molar-refractivity contribution in [3.63, 3.8) is 0 Å². The maximum atomic E-state index is 13.0. The number of allylic oxidation sites excluding steroid dienone is 4. The summed E-state index contributed by atoms with van der Waals surface area (Å²) >= 11 is 0. The number of hydrogen-bond acceptors (Lipinski definition) is 0. The van der Waals surface area contributed by atoms with Gasteiger partial charge in [-0.2, -0.15) is 0 Å². The van der Waals surface area contributed by atoms with E-state index in [1.807, 2.05) is 0 Å². The molecule has 0 amide bonds. The molecule has 0 saturated carbocycles. The fraction of sp³-hybridized carbons (Fsp3) is 0.455. The average molecular weight is 182 g/mol. The molecule has 1 aliphatic carbocycles. The number of halogens is 2. The molecular weight excluding hydrogens is 170 g/mol. The zero-order chi connectivity index (χ0) is 9.90. The summed E-state index contributed by atoms with van der Waals surface area (Å²) in [5.41, 5.74) is 0.564. The fourth-order valence-electron chi connectivity index (χ4n) is 1.34. The lowest BCUT2D eigenvalue weighted by Gasteiger charge is -2.18. The SMILES string of the molecule is CC#CC1=CCCC=C1C(C)(F)F. The molecule has 1 rings (SSSR count). The van der Waals surface area contributed by atoms with Crippen molar-refractivity contribution in [2.45, 2.75) is 32.6 Å². The predicted molar refractivity (Wildman–Crippen MR) is 49.5 cm³/mol. The highest BCUT2D eigenvalue weighted by molar-refractivity contribution is 5.49. The van der Waals surface area contributed by atoms with Crippen molar-refractivity contribution in [1.82, 2.24) is 0 Å². The Morgan fingerprint density at radius 2 is 1.92 bits per heavy atom. The third-order valence-electron chi connectivity index (χ3n) is 1.89. The van der Waals surface area contributed by atoms with Crippen LogP contribution in [0.3, 0.4) is 0 Å². The van der Waals surface area contributed by atoms with E-state index in [0.717, 1.165) is 13.3 Å². The predicted octanol–water partition coefficient (Wildman–Crippen LogP) is 3.31. The lowest BCUT2D eigenvalue weighted by atomic mass is 9.94. The van der Waals surface area contributed by atoms with Gasteiger partial charge in [0.15, 0.2) is 0 Å². The molecule has 1 aliphatic rings. The molecule has 0 radical (unpaired) electrons. The highest BCUT2D eigenvalue weighted by Crippen LogP contribution is 2.32. The molecule has 0 aromatic carbocycles. The van der Waals surface area contributed by atoms with Gasteiger partial charge in [-0.3, -0.25) is 0 Å². The maximum absolute atomic E-state index is 13.0. The molecule has 0 aliphatic heterocycles. The van der Waals surface area contributed by atoms with E-state index in [4.69, 9.17) is 0 Å². The van der Waals surface area contributed by atoms with E-state index in [1.54, 1.807) is 19.1 Å². The summed E-state index contributed by atoms with van der Waals surface area (Å²) in [6.45, 7) is 2.57. The first-order chi connectivity index (χ1) is 6.05. The van der Waals surface area contributed by atoms with E-state index in [-0.39, 0.29) is 5.57 Å². The van der Waals surface area contributed by atoms with Gasteiger partial charge in [-0.25, -0.2) is 8.78 Å². The number of rotatable bonds is 1. The highest BCUT2D eigenvalue weighted by Gasteiger charge is 2.30. The normalized spacial score (nSPS) is 16.9. The molecule has 0 N–H and O–H groups in total. The van der Waals surface area contributed by atoms with Gasteiger partial charge in [-0.05, 0) is 19.8 Å². The lowest BCUT2D eigenvalue weighted by Crippen LogP contribution is -2.16. The Morgan fingerprint density at radius 3 is 2.46 bits per heavy atom. The molecular formula is C11H12F2. The zero-order valence-corrected chi connectivity index (χ0v) is 7.82. The highest BCUT2D eigenvalue weighted by atomic mass is 19.3. The molecule has 0 atom stereocenters. The van der Waals surface area contributed by atoms with Gasteiger partial charge in [-0.15, -0.1) is 5.92 Å². The third kappa shape index (κ3) is 2.42. The van der Waals surface area contributed by atoms with E-state index in [0.29, 0.717) is 12.0 Å². The minimum absolute atomic E-state index is 0.0769. The summed E-state index contributed by atoms with van der Waals surface area (Å²) in [7, 11) is 0. The third-order valence-corrected chi connectivity index (χ3v) is 1.89. The van der Waals surface area contributed by atoms with Crippen LogP contribution in [0.5, 0.6) is 0 Å². The molecule has 0 aromatic rings. The largest absolute Gasteiger partial charge is 0.271 e. The van der Waals surface area contributed by atoms with Crippen LogP contribution in [0.4, 0.5) is 8.78 Å². The smallest absolute Gasteiger partial charge is 0.202 e. The van der Waals surface area contributed by atoms with Crippen molar-refractivity contribution in [3.8, 4) is 11.8 Å². The van der Waals surface area contributed by atoms with Gasteiger partial charge < -0.3 is 0 Å². The molecule has 0 heterocycles. The lowest BCUT2D eigenvalue weighted by molar-refractivity contribution is 0.0658. The molecule has 13 heavy (non-hydrogen) atoms. The van der Waals surface area contributed by atoms with E-state index in [1.165, 1.54) is 0 Å². The summed E-state index contributed by atoms with van der Waals surface area (Å²) in [5.74, 6) is 2.58. The molecule has 0 aromatic heterocycles. The monoisotopic (exact) mass is 182 g/mol. The van der Waals surface area contributed by atoms with Gasteiger partial charge in [0.1, 0.15) is 0 Å². The summed E-state index contributed by atoms with van der Waals surface area (Å²) in [6.07, 6.45) is 4.86. The van der Waals surface area contributed by atoms with E-state index in [9.17, 15) is 8.78 Å². The van der Waals surface area contributed by atoms with Crippen LogP contribution in [0.15, 0.2) is 23.3 Å². The number of alkyl halides is 2. The van der Waals surface area contributed by atoms with Gasteiger partial charge in [0, 0.05) is 18.1 Å². The van der Waals surface area contributed by atoms with E-state index >= 15 is 0 Å². The minimum Gasteiger partial charge on any atom is -0.202 e. The molecule has 0 saturated heterocycles. The van der Waals surface area contributed by atoms with Gasteiger partial charge in [0.05, 0.1) is 0 Å². The molecule has 0 unspecified atom stereocenters. The van der Waals surface area contributed by atoms with Crippen LogP contribution in [-0.2, 0) is 0 Å². The van der Waals surface area contributed by atoms with E-state index < -0.39 is 5.92 Å². The van der Waals surface area contributed by atoms with Gasteiger partial charge >= 0.3 is 0 Å².